The van der Waals surface area contributed by atoms with Gasteiger partial charge in [-0.05, 0) is 23.8 Å². The zero-order chi connectivity index (χ0) is 27.8. The number of aromatic nitrogens is 8. The predicted octanol–water partition coefficient (Wildman–Crippen LogP) is 5.34. The van der Waals surface area contributed by atoms with Gasteiger partial charge in [0.05, 0.1) is 23.7 Å². The van der Waals surface area contributed by atoms with Crippen molar-refractivity contribution in [2.75, 3.05) is 5.32 Å². The number of aromatic amines is 2. The van der Waals surface area contributed by atoms with Crippen molar-refractivity contribution in [3.8, 4) is 33.8 Å². The normalized spacial score (nSPS) is 11.2. The number of anilines is 1. The molecule has 0 aliphatic rings. The molecule has 10 nitrogen and oxygen atoms in total. The Bertz CT molecular complexity index is 2040. The van der Waals surface area contributed by atoms with E-state index >= 15 is 4.39 Å². The number of imidazole rings is 1. The zero-order valence-corrected chi connectivity index (χ0v) is 21.3. The van der Waals surface area contributed by atoms with E-state index in [1.807, 2.05) is 48.5 Å². The highest BCUT2D eigenvalue weighted by atomic mass is 19.1. The lowest BCUT2D eigenvalue weighted by atomic mass is 10.1. The number of benzene rings is 1. The Morgan fingerprint density at radius 1 is 0.854 bits per heavy atom. The molecule has 41 heavy (non-hydrogen) atoms. The first-order chi connectivity index (χ1) is 20.1. The number of pyridine rings is 4. The number of carbonyl (C=O) groups is 1. The van der Waals surface area contributed by atoms with Crippen molar-refractivity contribution in [3.63, 3.8) is 0 Å². The molecule has 0 aliphatic heterocycles. The van der Waals surface area contributed by atoms with Crippen molar-refractivity contribution >= 4 is 33.8 Å². The summed E-state index contributed by atoms with van der Waals surface area (Å²) in [5, 5.41) is 10.1. The molecule has 0 saturated carbocycles. The van der Waals surface area contributed by atoms with E-state index in [0.717, 1.165) is 16.7 Å². The zero-order valence-electron chi connectivity index (χ0n) is 21.3. The van der Waals surface area contributed by atoms with Gasteiger partial charge in [0.15, 0.2) is 17.1 Å². The Morgan fingerprint density at radius 3 is 2.59 bits per heavy atom. The number of hydrogen-bond acceptors (Lipinski definition) is 7. The molecule has 0 spiro atoms. The largest absolute Gasteiger partial charge is 0.324 e. The van der Waals surface area contributed by atoms with Gasteiger partial charge in [-0.3, -0.25) is 19.9 Å². The topological polar surface area (TPSA) is 138 Å². The first-order valence-corrected chi connectivity index (χ1v) is 12.7. The SMILES string of the molecule is O=C(Cc1ccccc1)Nc1cncc(-c2cnc3[nH]nc(-c4nc5c(-c6cccnc6)ccnc5[nH]4)c3c2F)c1. The Hall–Kier alpha value is -5.84. The van der Waals surface area contributed by atoms with Crippen molar-refractivity contribution < 1.29 is 9.18 Å². The van der Waals surface area contributed by atoms with Gasteiger partial charge < -0.3 is 10.3 Å². The molecule has 11 heteroatoms. The van der Waals surface area contributed by atoms with E-state index in [-0.39, 0.29) is 34.6 Å². The average molecular weight is 542 g/mol. The molecule has 0 radical (unpaired) electrons. The number of fused-ring (bicyclic) bond motifs is 2. The van der Waals surface area contributed by atoms with Gasteiger partial charge in [0.25, 0.3) is 0 Å². The summed E-state index contributed by atoms with van der Waals surface area (Å²) in [5.41, 5.74) is 5.38. The number of halogens is 1. The molecular weight excluding hydrogens is 521 g/mol. The molecule has 6 heterocycles. The van der Waals surface area contributed by atoms with Crippen LogP contribution in [-0.2, 0) is 11.2 Å². The van der Waals surface area contributed by atoms with Gasteiger partial charge in [-0.2, -0.15) is 5.10 Å². The number of carbonyl (C=O) groups excluding carboxylic acids is 1. The molecule has 0 saturated heterocycles. The van der Waals surface area contributed by atoms with E-state index < -0.39 is 5.82 Å². The summed E-state index contributed by atoms with van der Waals surface area (Å²) < 4.78 is 16.1. The molecule has 3 N–H and O–H groups in total. The minimum absolute atomic E-state index is 0.169. The number of hydrogen-bond donors (Lipinski definition) is 3. The van der Waals surface area contributed by atoms with Crippen LogP contribution in [0.3, 0.4) is 0 Å². The fraction of sp³-hybridized carbons (Fsp3) is 0.0333. The van der Waals surface area contributed by atoms with Crippen LogP contribution in [0, 0.1) is 5.82 Å². The summed E-state index contributed by atoms with van der Waals surface area (Å²) in [5.74, 6) is -0.410. The van der Waals surface area contributed by atoms with E-state index in [9.17, 15) is 4.79 Å². The first-order valence-electron chi connectivity index (χ1n) is 12.7. The van der Waals surface area contributed by atoms with Crippen LogP contribution in [0.4, 0.5) is 10.1 Å². The molecule has 1 amide bonds. The highest BCUT2D eigenvalue weighted by Gasteiger charge is 2.22. The summed E-state index contributed by atoms with van der Waals surface area (Å²) in [7, 11) is 0. The van der Waals surface area contributed by atoms with Crippen molar-refractivity contribution in [2.24, 2.45) is 0 Å². The predicted molar refractivity (Wildman–Crippen MR) is 152 cm³/mol. The summed E-state index contributed by atoms with van der Waals surface area (Å²) in [6.07, 6.45) is 9.77. The summed E-state index contributed by atoms with van der Waals surface area (Å²) in [6, 6.07) is 16.7. The molecule has 7 rings (SSSR count). The average Bonchev–Trinajstić information content (AvgIpc) is 3.63. The van der Waals surface area contributed by atoms with Gasteiger partial charge in [0.1, 0.15) is 17.0 Å². The molecule has 0 atom stereocenters. The maximum atomic E-state index is 16.1. The van der Waals surface area contributed by atoms with Crippen LogP contribution < -0.4 is 5.32 Å². The molecular formula is C30H20FN9O. The highest BCUT2D eigenvalue weighted by Crippen LogP contribution is 2.34. The lowest BCUT2D eigenvalue weighted by Crippen LogP contribution is -2.14. The number of rotatable bonds is 6. The van der Waals surface area contributed by atoms with Crippen LogP contribution in [0.25, 0.3) is 56.0 Å². The molecule has 1 aromatic carbocycles. The second-order valence-corrected chi connectivity index (χ2v) is 9.34. The van der Waals surface area contributed by atoms with E-state index in [0.29, 0.717) is 28.2 Å². The number of nitrogens with one attached hydrogen (secondary N) is 3. The summed E-state index contributed by atoms with van der Waals surface area (Å²) in [4.78, 5) is 37.6. The van der Waals surface area contributed by atoms with Crippen molar-refractivity contribution in [3.05, 3.63) is 103 Å². The number of amides is 1. The Kier molecular flexibility index (Phi) is 5.93. The van der Waals surface area contributed by atoms with E-state index in [1.165, 1.54) is 18.6 Å². The quantitative estimate of drug-likeness (QED) is 0.258. The summed E-state index contributed by atoms with van der Waals surface area (Å²) >= 11 is 0. The van der Waals surface area contributed by atoms with Gasteiger partial charge in [0, 0.05) is 53.2 Å². The Morgan fingerprint density at radius 2 is 1.73 bits per heavy atom. The number of nitrogens with zero attached hydrogens (tertiary/aromatic N) is 6. The van der Waals surface area contributed by atoms with Crippen LogP contribution in [0.1, 0.15) is 5.56 Å². The molecule has 0 aliphatic carbocycles. The van der Waals surface area contributed by atoms with Crippen LogP contribution in [0.15, 0.2) is 91.8 Å². The fourth-order valence-electron chi connectivity index (χ4n) is 4.75. The van der Waals surface area contributed by atoms with Crippen molar-refractivity contribution in [2.45, 2.75) is 6.42 Å². The van der Waals surface area contributed by atoms with Crippen molar-refractivity contribution in [1.82, 2.24) is 40.1 Å². The third-order valence-electron chi connectivity index (χ3n) is 6.65. The van der Waals surface area contributed by atoms with E-state index in [1.54, 1.807) is 24.7 Å². The van der Waals surface area contributed by atoms with Gasteiger partial charge in [0.2, 0.25) is 5.91 Å². The van der Waals surface area contributed by atoms with E-state index in [4.69, 9.17) is 4.98 Å². The van der Waals surface area contributed by atoms with Crippen LogP contribution in [0.2, 0.25) is 0 Å². The van der Waals surface area contributed by atoms with Gasteiger partial charge >= 0.3 is 0 Å². The lowest BCUT2D eigenvalue weighted by Gasteiger charge is -2.08. The molecule has 7 aromatic rings. The molecule has 0 unspecified atom stereocenters. The Labute approximate surface area is 231 Å². The molecule has 0 fully saturated rings. The first kappa shape index (κ1) is 24.2. The van der Waals surface area contributed by atoms with Gasteiger partial charge in [-0.1, -0.05) is 36.4 Å². The fourth-order valence-corrected chi connectivity index (χ4v) is 4.75. The second-order valence-electron chi connectivity index (χ2n) is 9.34. The third-order valence-corrected chi connectivity index (χ3v) is 6.65. The van der Waals surface area contributed by atoms with Crippen molar-refractivity contribution in [1.29, 1.82) is 0 Å². The highest BCUT2D eigenvalue weighted by molar-refractivity contribution is 5.97. The maximum absolute atomic E-state index is 16.1. The lowest BCUT2D eigenvalue weighted by molar-refractivity contribution is -0.115. The maximum Gasteiger partial charge on any atom is 0.228 e. The minimum atomic E-state index is -0.547. The van der Waals surface area contributed by atoms with E-state index in [2.05, 4.69) is 40.4 Å². The standard InChI is InChI=1S/C30H20FN9O/c31-25-22(19-12-20(15-33-14-19)36-23(41)11-17-5-2-1-3-6-17)16-35-28-24(25)27(39-40-28)30-37-26-21(8-10-34-29(26)38-30)18-7-4-9-32-13-18/h1-10,12-16H,11H2,(H,36,41)(H,34,37,38)(H,35,39,40). The van der Waals surface area contributed by atoms with Crippen LogP contribution in [-0.4, -0.2) is 46.0 Å². The third kappa shape index (κ3) is 4.55. The number of H-pyrrole nitrogens is 2. The smallest absolute Gasteiger partial charge is 0.228 e. The molecule has 6 aromatic heterocycles. The second kappa shape index (κ2) is 10.0. The van der Waals surface area contributed by atoms with Gasteiger partial charge in [-0.15, -0.1) is 0 Å². The minimum Gasteiger partial charge on any atom is -0.324 e. The molecule has 0 bridgehead atoms. The monoisotopic (exact) mass is 541 g/mol. The Balaban J connectivity index is 1.24. The molecule has 198 valence electrons. The summed E-state index contributed by atoms with van der Waals surface area (Å²) in [6.45, 7) is 0. The van der Waals surface area contributed by atoms with Crippen LogP contribution >= 0.6 is 0 Å². The van der Waals surface area contributed by atoms with Crippen LogP contribution in [0.5, 0.6) is 0 Å². The van der Waals surface area contributed by atoms with Gasteiger partial charge in [-0.25, -0.2) is 19.3 Å².